The number of carbonyl (C=O) groups is 2. The van der Waals surface area contributed by atoms with E-state index in [-0.39, 0.29) is 11.8 Å². The summed E-state index contributed by atoms with van der Waals surface area (Å²) >= 11 is 0. The molecule has 5 heteroatoms. The van der Waals surface area contributed by atoms with Crippen LogP contribution in [0.3, 0.4) is 0 Å². The van der Waals surface area contributed by atoms with Gasteiger partial charge in [-0.2, -0.15) is 0 Å². The summed E-state index contributed by atoms with van der Waals surface area (Å²) in [7, 11) is 0. The van der Waals surface area contributed by atoms with E-state index < -0.39 is 12.1 Å². The minimum Gasteiger partial charge on any atom is -0.391 e. The molecule has 0 saturated heterocycles. The normalized spacial score (nSPS) is 13.1. The summed E-state index contributed by atoms with van der Waals surface area (Å²) in [5.74, 6) is -0.709. The lowest BCUT2D eigenvalue weighted by Crippen LogP contribution is -2.52. The van der Waals surface area contributed by atoms with Gasteiger partial charge < -0.3 is 15.7 Å². The zero-order valence-corrected chi connectivity index (χ0v) is 14.8. The van der Waals surface area contributed by atoms with Gasteiger partial charge in [0.15, 0.2) is 0 Å². The van der Waals surface area contributed by atoms with Crippen molar-refractivity contribution in [2.24, 2.45) is 0 Å². The van der Waals surface area contributed by atoms with Crippen molar-refractivity contribution in [1.82, 2.24) is 10.6 Å². The van der Waals surface area contributed by atoms with Crippen molar-refractivity contribution >= 4 is 11.8 Å². The van der Waals surface area contributed by atoms with Crippen LogP contribution in [0.1, 0.15) is 62.7 Å². The first-order valence-electron chi connectivity index (χ1n) is 8.88. The molecule has 1 aromatic rings. The van der Waals surface area contributed by atoms with Crippen molar-refractivity contribution in [3.63, 3.8) is 0 Å². The highest BCUT2D eigenvalue weighted by Crippen LogP contribution is 2.05. The average Bonchev–Trinajstić information content (AvgIpc) is 2.59. The number of nitrogens with one attached hydrogen (secondary N) is 2. The van der Waals surface area contributed by atoms with Gasteiger partial charge in [0.1, 0.15) is 6.04 Å². The Labute approximate surface area is 144 Å². The molecule has 24 heavy (non-hydrogen) atoms. The summed E-state index contributed by atoms with van der Waals surface area (Å²) in [6.07, 6.45) is 5.91. The summed E-state index contributed by atoms with van der Waals surface area (Å²) in [5.41, 5.74) is 0.465. The number of hydrogen-bond donors (Lipinski definition) is 3. The minimum atomic E-state index is -0.956. The lowest BCUT2D eigenvalue weighted by Gasteiger charge is -2.21. The molecule has 3 N–H and O–H groups in total. The maximum atomic E-state index is 12.2. The number of amides is 2. The van der Waals surface area contributed by atoms with Crippen LogP contribution in [0.25, 0.3) is 0 Å². The third-order valence-corrected chi connectivity index (χ3v) is 3.92. The number of carbonyl (C=O) groups excluding carboxylic acids is 2. The Morgan fingerprint density at radius 2 is 1.67 bits per heavy atom. The van der Waals surface area contributed by atoms with Gasteiger partial charge in [0.2, 0.25) is 5.91 Å². The number of unbranched alkanes of at least 4 members (excludes halogenated alkanes) is 5. The summed E-state index contributed by atoms with van der Waals surface area (Å²) in [5, 5.41) is 15.2. The minimum absolute atomic E-state index is 0.345. The Hall–Kier alpha value is -1.88. The maximum absolute atomic E-state index is 12.2. The first kappa shape index (κ1) is 20.2. The summed E-state index contributed by atoms with van der Waals surface area (Å²) in [6.45, 7) is 4.25. The van der Waals surface area contributed by atoms with E-state index in [2.05, 4.69) is 17.6 Å². The first-order valence-corrected chi connectivity index (χ1v) is 8.88. The molecule has 0 aliphatic heterocycles. The third kappa shape index (κ3) is 7.59. The van der Waals surface area contributed by atoms with Gasteiger partial charge >= 0.3 is 0 Å². The van der Waals surface area contributed by atoms with Gasteiger partial charge in [-0.3, -0.25) is 9.59 Å². The van der Waals surface area contributed by atoms with Gasteiger partial charge in [0.25, 0.3) is 5.91 Å². The van der Waals surface area contributed by atoms with Crippen LogP contribution in [-0.2, 0) is 4.79 Å². The zero-order chi connectivity index (χ0) is 17.8. The molecule has 1 rings (SSSR count). The third-order valence-electron chi connectivity index (χ3n) is 3.92. The molecule has 2 unspecified atom stereocenters. The smallest absolute Gasteiger partial charge is 0.252 e. The molecule has 2 atom stereocenters. The highest BCUT2D eigenvalue weighted by Gasteiger charge is 2.25. The topological polar surface area (TPSA) is 78.4 Å². The van der Waals surface area contributed by atoms with E-state index in [0.29, 0.717) is 12.1 Å². The predicted octanol–water partition coefficient (Wildman–Crippen LogP) is 2.64. The molecule has 1 aromatic carbocycles. The Kier molecular flexibility index (Phi) is 9.77. The monoisotopic (exact) mass is 334 g/mol. The van der Waals surface area contributed by atoms with Crippen molar-refractivity contribution in [2.45, 2.75) is 64.5 Å². The molecule has 5 nitrogen and oxygen atoms in total. The number of benzene rings is 1. The fourth-order valence-electron chi connectivity index (χ4n) is 2.45. The van der Waals surface area contributed by atoms with Crippen LogP contribution in [0.4, 0.5) is 0 Å². The number of aliphatic hydroxyl groups excluding tert-OH is 1. The lowest BCUT2D eigenvalue weighted by molar-refractivity contribution is -0.125. The van der Waals surface area contributed by atoms with Gasteiger partial charge in [-0.15, -0.1) is 0 Å². The van der Waals surface area contributed by atoms with E-state index in [0.717, 1.165) is 12.8 Å². The highest BCUT2D eigenvalue weighted by molar-refractivity contribution is 5.97. The molecule has 0 bridgehead atoms. The maximum Gasteiger partial charge on any atom is 0.252 e. The molecule has 0 aromatic heterocycles. The second-order valence-corrected chi connectivity index (χ2v) is 6.12. The van der Waals surface area contributed by atoms with Crippen molar-refractivity contribution in [3.8, 4) is 0 Å². The average molecular weight is 334 g/mol. The van der Waals surface area contributed by atoms with Gasteiger partial charge in [-0.1, -0.05) is 57.2 Å². The molecule has 0 fully saturated rings. The van der Waals surface area contributed by atoms with E-state index >= 15 is 0 Å². The van der Waals surface area contributed by atoms with Crippen LogP contribution in [0, 0.1) is 0 Å². The summed E-state index contributed by atoms with van der Waals surface area (Å²) in [4.78, 5) is 24.3. The Balaban J connectivity index is 2.38. The number of rotatable bonds is 11. The molecule has 0 heterocycles. The number of aliphatic hydroxyl groups is 1. The quantitative estimate of drug-likeness (QED) is 0.544. The van der Waals surface area contributed by atoms with E-state index in [1.165, 1.54) is 32.6 Å². The molecular weight excluding hydrogens is 304 g/mol. The van der Waals surface area contributed by atoms with Crippen molar-refractivity contribution in [3.05, 3.63) is 35.9 Å². The van der Waals surface area contributed by atoms with Crippen LogP contribution < -0.4 is 10.6 Å². The molecule has 0 saturated carbocycles. The SMILES string of the molecule is CCCCCCCCNC(=O)C(NC(=O)c1ccccc1)C(C)O. The Morgan fingerprint density at radius 1 is 1.04 bits per heavy atom. The summed E-state index contributed by atoms with van der Waals surface area (Å²) in [6, 6.07) is 7.72. The van der Waals surface area contributed by atoms with Gasteiger partial charge in [-0.05, 0) is 25.5 Å². The van der Waals surface area contributed by atoms with Gasteiger partial charge in [-0.25, -0.2) is 0 Å². The molecule has 134 valence electrons. The van der Waals surface area contributed by atoms with E-state index in [4.69, 9.17) is 0 Å². The first-order chi connectivity index (χ1) is 11.6. The van der Waals surface area contributed by atoms with E-state index in [1.807, 2.05) is 6.07 Å². The zero-order valence-electron chi connectivity index (χ0n) is 14.8. The standard InChI is InChI=1S/C19H30N2O3/c1-3-4-5-6-7-11-14-20-19(24)17(15(2)22)21-18(23)16-12-9-8-10-13-16/h8-10,12-13,15,17,22H,3-7,11,14H2,1-2H3,(H,20,24)(H,21,23). The van der Waals surface area contributed by atoms with Crippen LogP contribution in [0.5, 0.6) is 0 Å². The van der Waals surface area contributed by atoms with Gasteiger partial charge in [0.05, 0.1) is 6.10 Å². The molecule has 0 aliphatic rings. The number of hydrogen-bond acceptors (Lipinski definition) is 3. The van der Waals surface area contributed by atoms with Crippen molar-refractivity contribution in [2.75, 3.05) is 6.54 Å². The molecule has 0 spiro atoms. The fraction of sp³-hybridized carbons (Fsp3) is 0.579. The molecule has 2 amide bonds. The van der Waals surface area contributed by atoms with Crippen molar-refractivity contribution < 1.29 is 14.7 Å². The Bertz CT molecular complexity index is 489. The van der Waals surface area contributed by atoms with E-state index in [1.54, 1.807) is 24.3 Å². The largest absolute Gasteiger partial charge is 0.391 e. The highest BCUT2D eigenvalue weighted by atomic mass is 16.3. The molecule has 0 aliphatic carbocycles. The summed E-state index contributed by atoms with van der Waals surface area (Å²) < 4.78 is 0. The second-order valence-electron chi connectivity index (χ2n) is 6.12. The molecule has 0 radical (unpaired) electrons. The predicted molar refractivity (Wildman–Crippen MR) is 95.8 cm³/mol. The van der Waals surface area contributed by atoms with Crippen LogP contribution in [0.15, 0.2) is 30.3 Å². The second kappa shape index (κ2) is 11.6. The Morgan fingerprint density at radius 3 is 2.29 bits per heavy atom. The van der Waals surface area contributed by atoms with Crippen LogP contribution >= 0.6 is 0 Å². The van der Waals surface area contributed by atoms with Gasteiger partial charge in [0, 0.05) is 12.1 Å². The lowest BCUT2D eigenvalue weighted by atomic mass is 10.1. The molecular formula is C19H30N2O3. The fourth-order valence-corrected chi connectivity index (χ4v) is 2.45. The van der Waals surface area contributed by atoms with Crippen LogP contribution in [0.2, 0.25) is 0 Å². The van der Waals surface area contributed by atoms with Crippen LogP contribution in [-0.4, -0.2) is 35.6 Å². The van der Waals surface area contributed by atoms with E-state index in [9.17, 15) is 14.7 Å². The van der Waals surface area contributed by atoms with Crippen molar-refractivity contribution in [1.29, 1.82) is 0 Å².